The first kappa shape index (κ1) is 45.3. The number of nitrogen functional groups attached to an aromatic ring is 1. The number of alkyl halides is 6. The minimum Gasteiger partial charge on any atom is -0.478 e. The van der Waals surface area contributed by atoms with Crippen LogP contribution < -0.4 is 5.73 Å². The summed E-state index contributed by atoms with van der Waals surface area (Å²) in [6.07, 6.45) is -4.86. The summed E-state index contributed by atoms with van der Waals surface area (Å²) >= 11 is 0. The molecule has 12 nitrogen and oxygen atoms in total. The molecule has 1 amide bonds. The number of halogens is 6. The number of aromatic carboxylic acids is 1. The largest absolute Gasteiger partial charge is 0.490 e. The standard InChI is InChI=1S/C24H24N4O.C12H9NO2.2C2HF3O2/c25-23(26)21-5-3-4-20(16-21)17-11-14-28(15-12-17)24(29)19-9-7-18(8-10-19)22-6-1-2-13-27-22;14-12(15)10-6-4-9(5-7-10)11-3-1-2-8-13-11;2*3-2(4,5)1(6)7/h1-10,13,16-17H,11-12,14-15H2,(H3,25,26);1-8H,(H,14,15);2*(H,6,7). The number of rotatable bonds is 6. The zero-order valence-electron chi connectivity index (χ0n) is 30.1. The fourth-order valence-electron chi connectivity index (χ4n) is 5.19. The molecule has 0 bridgehead atoms. The minimum absolute atomic E-state index is 0.0773. The van der Waals surface area contributed by atoms with Crippen LogP contribution >= 0.6 is 0 Å². The molecule has 3 aromatic carbocycles. The average Bonchev–Trinajstić information content (AvgIpc) is 3.21. The van der Waals surface area contributed by atoms with Crippen LogP contribution in [0.15, 0.2) is 122 Å². The molecule has 3 heterocycles. The van der Waals surface area contributed by atoms with Gasteiger partial charge < -0.3 is 26.0 Å². The van der Waals surface area contributed by atoms with Gasteiger partial charge in [-0.25, -0.2) is 14.4 Å². The molecule has 1 fully saturated rings. The number of amides is 1. The Balaban J connectivity index is 0.000000257. The molecule has 0 saturated carbocycles. The summed E-state index contributed by atoms with van der Waals surface area (Å²) in [5.74, 6) is -5.87. The van der Waals surface area contributed by atoms with Crippen LogP contribution in [0.2, 0.25) is 0 Å². The molecule has 304 valence electrons. The Morgan fingerprint density at radius 2 is 1.05 bits per heavy atom. The number of amidine groups is 1. The van der Waals surface area contributed by atoms with Gasteiger partial charge in [0.2, 0.25) is 0 Å². The fraction of sp³-hybridized carbons (Fsp3) is 0.175. The van der Waals surface area contributed by atoms with Gasteiger partial charge >= 0.3 is 30.3 Å². The molecule has 2 aromatic heterocycles. The number of piperidine rings is 1. The van der Waals surface area contributed by atoms with Gasteiger partial charge in [0.15, 0.2) is 0 Å². The first-order valence-electron chi connectivity index (χ1n) is 16.9. The van der Waals surface area contributed by atoms with Crippen LogP contribution in [0.5, 0.6) is 0 Å². The van der Waals surface area contributed by atoms with E-state index in [1.807, 2.05) is 83.8 Å². The van der Waals surface area contributed by atoms with E-state index < -0.39 is 30.3 Å². The van der Waals surface area contributed by atoms with Crippen molar-refractivity contribution in [2.45, 2.75) is 31.1 Å². The topological polar surface area (TPSA) is 208 Å². The van der Waals surface area contributed by atoms with E-state index >= 15 is 0 Å². The third-order valence-corrected chi connectivity index (χ3v) is 8.12. The maximum atomic E-state index is 12.9. The number of hydrogen-bond acceptors (Lipinski definition) is 7. The highest BCUT2D eigenvalue weighted by Crippen LogP contribution is 2.29. The number of nitrogens with two attached hydrogens (primary N) is 1. The summed E-state index contributed by atoms with van der Waals surface area (Å²) in [5, 5.41) is 30.6. The molecular weight excluding hydrogens is 776 g/mol. The molecule has 0 aliphatic carbocycles. The van der Waals surface area contributed by atoms with Crippen LogP contribution in [0.3, 0.4) is 0 Å². The second-order valence-electron chi connectivity index (χ2n) is 12.1. The Kier molecular flexibility index (Phi) is 16.2. The van der Waals surface area contributed by atoms with Crippen molar-refractivity contribution in [3.63, 3.8) is 0 Å². The number of nitrogens with zero attached hydrogens (tertiary/aromatic N) is 3. The third kappa shape index (κ3) is 14.2. The Hall–Kier alpha value is -7.11. The van der Waals surface area contributed by atoms with E-state index in [2.05, 4.69) is 16.0 Å². The van der Waals surface area contributed by atoms with Gasteiger partial charge in [-0.1, -0.05) is 54.6 Å². The van der Waals surface area contributed by atoms with Gasteiger partial charge in [-0.05, 0) is 78.9 Å². The van der Waals surface area contributed by atoms with Crippen LogP contribution in [-0.4, -0.2) is 85.3 Å². The summed E-state index contributed by atoms with van der Waals surface area (Å²) in [6, 6.07) is 33.7. The maximum Gasteiger partial charge on any atom is 0.490 e. The maximum absolute atomic E-state index is 12.9. The monoisotopic (exact) mass is 811 g/mol. The second kappa shape index (κ2) is 20.7. The zero-order valence-corrected chi connectivity index (χ0v) is 30.1. The highest BCUT2D eigenvalue weighted by Gasteiger charge is 2.39. The van der Waals surface area contributed by atoms with Crippen LogP contribution in [0.4, 0.5) is 26.3 Å². The van der Waals surface area contributed by atoms with E-state index in [4.69, 9.17) is 36.1 Å². The lowest BCUT2D eigenvalue weighted by molar-refractivity contribution is -0.193. The molecule has 0 unspecified atom stereocenters. The van der Waals surface area contributed by atoms with E-state index in [0.29, 0.717) is 11.5 Å². The smallest absolute Gasteiger partial charge is 0.478 e. The van der Waals surface area contributed by atoms with E-state index in [-0.39, 0.29) is 17.3 Å². The van der Waals surface area contributed by atoms with Crippen molar-refractivity contribution in [2.75, 3.05) is 13.1 Å². The van der Waals surface area contributed by atoms with Gasteiger partial charge in [-0.3, -0.25) is 20.2 Å². The van der Waals surface area contributed by atoms with Gasteiger partial charge in [0, 0.05) is 47.7 Å². The number of aliphatic carboxylic acids is 2. The second-order valence-corrected chi connectivity index (χ2v) is 12.1. The molecular formula is C40H35F6N5O7. The molecule has 0 spiro atoms. The van der Waals surface area contributed by atoms with Crippen LogP contribution in [0.1, 0.15) is 50.6 Å². The van der Waals surface area contributed by atoms with Crippen LogP contribution in [0, 0.1) is 5.41 Å². The molecule has 1 saturated heterocycles. The van der Waals surface area contributed by atoms with E-state index in [9.17, 15) is 35.9 Å². The number of likely N-dealkylation sites (tertiary alicyclic amines) is 1. The summed E-state index contributed by atoms with van der Waals surface area (Å²) in [4.78, 5) is 51.8. The van der Waals surface area contributed by atoms with E-state index in [1.54, 1.807) is 36.7 Å². The Labute approximate surface area is 326 Å². The van der Waals surface area contributed by atoms with Crippen molar-refractivity contribution < 1.29 is 60.8 Å². The number of hydrogen-bond donors (Lipinski definition) is 5. The van der Waals surface area contributed by atoms with Gasteiger partial charge in [0.1, 0.15) is 5.84 Å². The lowest BCUT2D eigenvalue weighted by atomic mass is 9.88. The lowest BCUT2D eigenvalue weighted by Crippen LogP contribution is -2.37. The number of benzene rings is 3. The molecule has 1 aliphatic rings. The Bertz CT molecular complexity index is 2120. The SMILES string of the molecule is N=C(N)c1cccc(C2CCN(C(=O)c3ccc(-c4ccccn4)cc3)CC2)c1.O=C(O)C(F)(F)F.O=C(O)C(F)(F)F.O=C(O)c1ccc(-c2ccccn2)cc1. The van der Waals surface area contributed by atoms with Crippen molar-refractivity contribution in [2.24, 2.45) is 5.73 Å². The molecule has 5 aromatic rings. The van der Waals surface area contributed by atoms with E-state index in [0.717, 1.165) is 54.0 Å². The average molecular weight is 812 g/mol. The van der Waals surface area contributed by atoms with Crippen molar-refractivity contribution in [3.8, 4) is 22.5 Å². The normalized spacial score (nSPS) is 12.6. The number of carboxylic acid groups (broad SMARTS) is 3. The van der Waals surface area contributed by atoms with Crippen LogP contribution in [-0.2, 0) is 9.59 Å². The number of nitrogens with one attached hydrogen (secondary N) is 1. The summed E-state index contributed by atoms with van der Waals surface area (Å²) < 4.78 is 63.5. The fourth-order valence-corrected chi connectivity index (χ4v) is 5.19. The van der Waals surface area contributed by atoms with Crippen molar-refractivity contribution in [1.29, 1.82) is 5.41 Å². The van der Waals surface area contributed by atoms with Crippen LogP contribution in [0.25, 0.3) is 22.5 Å². The molecule has 18 heteroatoms. The molecule has 58 heavy (non-hydrogen) atoms. The van der Waals surface area contributed by atoms with Gasteiger partial charge in [-0.2, -0.15) is 26.3 Å². The van der Waals surface area contributed by atoms with Crippen molar-refractivity contribution in [3.05, 3.63) is 144 Å². The predicted octanol–water partition coefficient (Wildman–Crippen LogP) is 7.77. The third-order valence-electron chi connectivity index (χ3n) is 8.12. The highest BCUT2D eigenvalue weighted by atomic mass is 19.4. The quantitative estimate of drug-likeness (QED) is 0.0640. The minimum atomic E-state index is -5.08. The molecule has 6 N–H and O–H groups in total. The zero-order chi connectivity index (χ0) is 43.0. The number of carbonyl (C=O) groups excluding carboxylic acids is 1. The summed E-state index contributed by atoms with van der Waals surface area (Å²) in [5.41, 5.74) is 12.2. The molecule has 6 rings (SSSR count). The van der Waals surface area contributed by atoms with E-state index in [1.165, 1.54) is 5.56 Å². The van der Waals surface area contributed by atoms with Crippen molar-refractivity contribution >= 4 is 29.7 Å². The Morgan fingerprint density at radius 3 is 1.41 bits per heavy atom. The molecule has 0 radical (unpaired) electrons. The number of aromatic nitrogens is 2. The number of carbonyl (C=O) groups is 4. The lowest BCUT2D eigenvalue weighted by Gasteiger charge is -2.32. The van der Waals surface area contributed by atoms with Gasteiger partial charge in [0.05, 0.1) is 17.0 Å². The first-order valence-corrected chi connectivity index (χ1v) is 16.9. The Morgan fingerprint density at radius 1 is 0.621 bits per heavy atom. The van der Waals surface area contributed by atoms with Gasteiger partial charge in [0.25, 0.3) is 5.91 Å². The predicted molar refractivity (Wildman–Crippen MR) is 199 cm³/mol. The summed E-state index contributed by atoms with van der Waals surface area (Å²) in [7, 11) is 0. The first-order chi connectivity index (χ1) is 27.3. The van der Waals surface area contributed by atoms with Gasteiger partial charge in [-0.15, -0.1) is 0 Å². The van der Waals surface area contributed by atoms with Crippen molar-refractivity contribution in [1.82, 2.24) is 14.9 Å². The summed E-state index contributed by atoms with van der Waals surface area (Å²) in [6.45, 7) is 1.46. The number of carboxylic acids is 3. The molecule has 1 aliphatic heterocycles. The highest BCUT2D eigenvalue weighted by molar-refractivity contribution is 5.95. The molecule has 0 atom stereocenters. The number of pyridine rings is 2.